The van der Waals surface area contributed by atoms with Gasteiger partial charge in [0, 0.05) is 13.0 Å². The molecular weight excluding hydrogens is 734 g/mol. The fourth-order valence-electron chi connectivity index (χ4n) is 6.76. The largest absolute Gasteiger partial charge is 0.472 e. The first kappa shape index (κ1) is 56.0. The second kappa shape index (κ2) is 41.7. The Kier molecular flexibility index (Phi) is 41.0. The third-order valence-electron chi connectivity index (χ3n) is 10.5. The number of esters is 1. The summed E-state index contributed by atoms with van der Waals surface area (Å²) in [6.45, 7) is 5.63. The molecule has 0 aliphatic carbocycles. The molecule has 0 fully saturated rings. The van der Waals surface area contributed by atoms with Crippen LogP contribution in [0.1, 0.15) is 219 Å². The molecular formula is C48H95NO7P+. The second-order valence-electron chi connectivity index (χ2n) is 17.5. The number of hydrogen-bond acceptors (Lipinski definition) is 6. The van der Waals surface area contributed by atoms with E-state index in [4.69, 9.17) is 18.5 Å². The Balaban J connectivity index is 4.15. The van der Waals surface area contributed by atoms with E-state index in [9.17, 15) is 14.3 Å². The zero-order chi connectivity index (χ0) is 42.0. The second-order valence-corrected chi connectivity index (χ2v) is 19.0. The molecule has 2 unspecified atom stereocenters. The molecule has 0 amide bonds. The molecule has 8 nitrogen and oxygen atoms in total. The van der Waals surface area contributed by atoms with Gasteiger partial charge in [-0.25, -0.2) is 4.57 Å². The van der Waals surface area contributed by atoms with Crippen LogP contribution in [0.15, 0.2) is 24.3 Å². The van der Waals surface area contributed by atoms with Crippen molar-refractivity contribution in [1.82, 2.24) is 0 Å². The lowest BCUT2D eigenvalue weighted by Gasteiger charge is -2.24. The number of nitrogens with zero attached hydrogens (tertiary/aromatic N) is 1. The van der Waals surface area contributed by atoms with Gasteiger partial charge in [0.25, 0.3) is 0 Å². The Labute approximate surface area is 353 Å². The third kappa shape index (κ3) is 45.9. The van der Waals surface area contributed by atoms with Crippen LogP contribution in [0.2, 0.25) is 0 Å². The van der Waals surface area contributed by atoms with Gasteiger partial charge in [0.05, 0.1) is 34.4 Å². The smallest absolute Gasteiger partial charge is 0.457 e. The minimum Gasteiger partial charge on any atom is -0.457 e. The summed E-state index contributed by atoms with van der Waals surface area (Å²) in [6.07, 6.45) is 47.8. The number of likely N-dealkylation sites (N-methyl/N-ethyl adjacent to an activating group) is 1. The molecule has 2 atom stereocenters. The lowest BCUT2D eigenvalue weighted by molar-refractivity contribution is -0.870. The van der Waals surface area contributed by atoms with E-state index in [0.717, 1.165) is 38.5 Å². The van der Waals surface area contributed by atoms with Gasteiger partial charge >= 0.3 is 13.8 Å². The zero-order valence-electron chi connectivity index (χ0n) is 38.3. The van der Waals surface area contributed by atoms with Crippen LogP contribution in [-0.4, -0.2) is 75.6 Å². The molecule has 0 radical (unpaired) electrons. The van der Waals surface area contributed by atoms with Crippen molar-refractivity contribution in [2.24, 2.45) is 0 Å². The maximum Gasteiger partial charge on any atom is 0.472 e. The van der Waals surface area contributed by atoms with E-state index in [0.29, 0.717) is 24.1 Å². The van der Waals surface area contributed by atoms with Gasteiger partial charge in [-0.1, -0.05) is 192 Å². The minimum atomic E-state index is -4.27. The highest BCUT2D eigenvalue weighted by atomic mass is 31.2. The van der Waals surface area contributed by atoms with E-state index in [2.05, 4.69) is 38.2 Å². The molecule has 0 heterocycles. The van der Waals surface area contributed by atoms with Crippen LogP contribution in [0.4, 0.5) is 0 Å². The first-order chi connectivity index (χ1) is 27.6. The molecule has 0 saturated carbocycles. The predicted octanol–water partition coefficient (Wildman–Crippen LogP) is 14.4. The van der Waals surface area contributed by atoms with Crippen molar-refractivity contribution in [3.63, 3.8) is 0 Å². The molecule has 57 heavy (non-hydrogen) atoms. The number of allylic oxidation sites excluding steroid dienone is 4. The highest BCUT2D eigenvalue weighted by molar-refractivity contribution is 7.47. The van der Waals surface area contributed by atoms with Gasteiger partial charge in [-0.3, -0.25) is 13.8 Å². The third-order valence-corrected chi connectivity index (χ3v) is 11.5. The van der Waals surface area contributed by atoms with Crippen molar-refractivity contribution in [3.8, 4) is 0 Å². The maximum atomic E-state index is 12.7. The van der Waals surface area contributed by atoms with Crippen molar-refractivity contribution < 1.29 is 37.3 Å². The van der Waals surface area contributed by atoms with Gasteiger partial charge in [0.15, 0.2) is 0 Å². The predicted molar refractivity (Wildman–Crippen MR) is 243 cm³/mol. The number of unbranched alkanes of at least 4 members (excludes halogenated alkanes) is 27. The van der Waals surface area contributed by atoms with Crippen LogP contribution in [-0.2, 0) is 27.9 Å². The van der Waals surface area contributed by atoms with E-state index < -0.39 is 13.9 Å². The van der Waals surface area contributed by atoms with E-state index in [1.54, 1.807) is 0 Å². The lowest BCUT2D eigenvalue weighted by atomic mass is 10.0. The van der Waals surface area contributed by atoms with Gasteiger partial charge in [-0.2, -0.15) is 0 Å². The van der Waals surface area contributed by atoms with E-state index >= 15 is 0 Å². The van der Waals surface area contributed by atoms with Crippen LogP contribution in [0.25, 0.3) is 0 Å². The standard InChI is InChI=1S/C48H94NO7P/c1-6-8-10-12-14-16-18-20-22-23-24-25-26-28-30-32-34-36-38-40-43-53-45-47(46-55-57(51,52)54-44-42-49(3,4)5)56-48(50)41-39-37-35-33-31-29-27-21-19-17-15-13-11-9-7-2/h14,16,20,22,47H,6-13,15,17-19,21,23-46H2,1-5H3/p+1/b16-14-,22-20-. The summed E-state index contributed by atoms with van der Waals surface area (Å²) in [6, 6.07) is 0. The average molecular weight is 829 g/mol. The van der Waals surface area contributed by atoms with Crippen LogP contribution < -0.4 is 0 Å². The highest BCUT2D eigenvalue weighted by Crippen LogP contribution is 2.43. The van der Waals surface area contributed by atoms with Gasteiger partial charge in [-0.15, -0.1) is 0 Å². The van der Waals surface area contributed by atoms with Gasteiger partial charge in [-0.05, 0) is 44.9 Å². The number of hydrogen-bond donors (Lipinski definition) is 1. The molecule has 0 aromatic heterocycles. The molecule has 0 rings (SSSR count). The van der Waals surface area contributed by atoms with E-state index in [-0.39, 0.29) is 25.8 Å². The SMILES string of the molecule is CCCCC/C=C\C/C=C\CCCCCCCCCCCCOCC(COP(=O)(O)OCC[N+](C)(C)C)OC(=O)CCCCCCCCCCCCCCCCC. The number of phosphoric acid groups is 1. The molecule has 0 aliphatic rings. The zero-order valence-corrected chi connectivity index (χ0v) is 39.2. The Morgan fingerprint density at radius 2 is 0.965 bits per heavy atom. The summed E-state index contributed by atoms with van der Waals surface area (Å²) in [5.74, 6) is -0.311. The van der Waals surface area contributed by atoms with Crippen molar-refractivity contribution >= 4 is 13.8 Å². The number of rotatable bonds is 45. The summed E-state index contributed by atoms with van der Waals surface area (Å²) in [4.78, 5) is 22.9. The highest BCUT2D eigenvalue weighted by Gasteiger charge is 2.26. The van der Waals surface area contributed by atoms with Gasteiger partial charge in [0.2, 0.25) is 0 Å². The molecule has 0 aliphatic heterocycles. The minimum absolute atomic E-state index is 0.0903. The summed E-state index contributed by atoms with van der Waals surface area (Å²) in [7, 11) is 1.67. The van der Waals surface area contributed by atoms with Crippen LogP contribution in [0.3, 0.4) is 0 Å². The molecule has 0 aromatic rings. The molecule has 338 valence electrons. The maximum absolute atomic E-state index is 12.7. The van der Waals surface area contributed by atoms with Gasteiger partial charge in [0.1, 0.15) is 19.3 Å². The number of ether oxygens (including phenoxy) is 2. The lowest BCUT2D eigenvalue weighted by Crippen LogP contribution is -2.37. The van der Waals surface area contributed by atoms with Crippen molar-refractivity contribution in [2.45, 2.75) is 225 Å². The fourth-order valence-corrected chi connectivity index (χ4v) is 7.50. The van der Waals surface area contributed by atoms with Crippen molar-refractivity contribution in [3.05, 3.63) is 24.3 Å². The molecule has 0 aromatic carbocycles. The van der Waals surface area contributed by atoms with E-state index in [1.807, 2.05) is 21.1 Å². The Hall–Kier alpha value is -1.02. The Morgan fingerprint density at radius 3 is 1.46 bits per heavy atom. The first-order valence-corrected chi connectivity index (χ1v) is 25.6. The summed E-state index contributed by atoms with van der Waals surface area (Å²) in [5.41, 5.74) is 0. The monoisotopic (exact) mass is 829 g/mol. The summed E-state index contributed by atoms with van der Waals surface area (Å²) < 4.78 is 35.1. The van der Waals surface area contributed by atoms with Crippen LogP contribution in [0.5, 0.6) is 0 Å². The number of quaternary nitrogens is 1. The number of carbonyl (C=O) groups excluding carboxylic acids is 1. The Morgan fingerprint density at radius 1 is 0.544 bits per heavy atom. The number of carbonyl (C=O) groups is 1. The van der Waals surface area contributed by atoms with Crippen molar-refractivity contribution in [2.75, 3.05) is 54.1 Å². The van der Waals surface area contributed by atoms with Crippen molar-refractivity contribution in [1.29, 1.82) is 0 Å². The molecule has 1 N–H and O–H groups in total. The normalized spacial score (nSPS) is 13.9. The quantitative estimate of drug-likeness (QED) is 0.0215. The summed E-state index contributed by atoms with van der Waals surface area (Å²) in [5, 5.41) is 0. The molecule has 0 saturated heterocycles. The van der Waals surface area contributed by atoms with Crippen LogP contribution in [0, 0.1) is 0 Å². The summed E-state index contributed by atoms with van der Waals surface area (Å²) >= 11 is 0. The fraction of sp³-hybridized carbons (Fsp3) is 0.896. The molecule has 0 spiro atoms. The molecule has 9 heteroatoms. The molecule has 0 bridgehead atoms. The average Bonchev–Trinajstić information content (AvgIpc) is 3.16. The first-order valence-electron chi connectivity index (χ1n) is 24.1. The van der Waals surface area contributed by atoms with Gasteiger partial charge < -0.3 is 18.9 Å². The number of phosphoric ester groups is 1. The topological polar surface area (TPSA) is 91.3 Å². The van der Waals surface area contributed by atoms with Crippen LogP contribution >= 0.6 is 7.82 Å². The van der Waals surface area contributed by atoms with E-state index in [1.165, 1.54) is 161 Å². The Bertz CT molecular complexity index is 967.